The maximum atomic E-state index is 12.5. The molecule has 1 unspecified atom stereocenters. The predicted octanol–water partition coefficient (Wildman–Crippen LogP) is 2.32. The van der Waals surface area contributed by atoms with Crippen molar-refractivity contribution in [2.75, 3.05) is 21.3 Å². The van der Waals surface area contributed by atoms with Crippen LogP contribution >= 0.6 is 0 Å². The molecule has 7 heteroatoms. The van der Waals surface area contributed by atoms with E-state index in [0.717, 1.165) is 25.7 Å². The fourth-order valence-electron chi connectivity index (χ4n) is 2.85. The van der Waals surface area contributed by atoms with Crippen molar-refractivity contribution in [1.82, 2.24) is 5.32 Å². The summed E-state index contributed by atoms with van der Waals surface area (Å²) in [6.07, 6.45) is 3.27. The number of ether oxygens (including phenoxy) is 4. The minimum Gasteiger partial charge on any atom is -0.496 e. The molecule has 138 valence electrons. The molecule has 0 bridgehead atoms. The van der Waals surface area contributed by atoms with Gasteiger partial charge in [-0.05, 0) is 19.8 Å². The number of rotatable bonds is 7. The number of carbonyl (C=O) groups excluding carboxylic acids is 2. The molecular weight excluding hydrogens is 326 g/mol. The van der Waals surface area contributed by atoms with E-state index in [1.807, 2.05) is 0 Å². The average molecular weight is 351 g/mol. The second-order valence-corrected chi connectivity index (χ2v) is 5.94. The summed E-state index contributed by atoms with van der Waals surface area (Å²) < 4.78 is 20.9. The van der Waals surface area contributed by atoms with Crippen LogP contribution in [0, 0.1) is 0 Å². The molecule has 0 aromatic heterocycles. The summed E-state index contributed by atoms with van der Waals surface area (Å²) in [6, 6.07) is 3.18. The second-order valence-electron chi connectivity index (χ2n) is 5.94. The van der Waals surface area contributed by atoms with Gasteiger partial charge in [0.15, 0.2) is 17.6 Å². The van der Waals surface area contributed by atoms with Crippen molar-refractivity contribution in [3.63, 3.8) is 0 Å². The van der Waals surface area contributed by atoms with Crippen molar-refractivity contribution >= 4 is 11.9 Å². The Bertz CT molecular complexity index is 624. The smallest absolute Gasteiger partial charge is 0.342 e. The van der Waals surface area contributed by atoms with Crippen molar-refractivity contribution in [2.24, 2.45) is 0 Å². The van der Waals surface area contributed by atoms with E-state index < -0.39 is 12.1 Å². The third-order valence-electron chi connectivity index (χ3n) is 4.28. The molecule has 0 heterocycles. The number of benzene rings is 1. The SMILES string of the molecule is COc1cc(OC)c(C(=O)OC(C)C(=O)NC2CCCC2)cc1OC. The molecule has 1 aliphatic carbocycles. The van der Waals surface area contributed by atoms with Gasteiger partial charge in [0.05, 0.1) is 21.3 Å². The standard InChI is InChI=1S/C18H25NO6/c1-11(17(20)19-12-7-5-6-8-12)25-18(21)13-9-15(23-3)16(24-4)10-14(13)22-2/h9-12H,5-8H2,1-4H3,(H,19,20). The molecule has 1 aliphatic rings. The number of hydrogen-bond donors (Lipinski definition) is 1. The van der Waals surface area contributed by atoms with Crippen LogP contribution in [0.2, 0.25) is 0 Å². The summed E-state index contributed by atoms with van der Waals surface area (Å²) in [5, 5.41) is 2.91. The van der Waals surface area contributed by atoms with Gasteiger partial charge >= 0.3 is 5.97 Å². The Labute approximate surface area is 147 Å². The number of hydrogen-bond acceptors (Lipinski definition) is 6. The monoisotopic (exact) mass is 351 g/mol. The Morgan fingerprint density at radius 2 is 1.56 bits per heavy atom. The van der Waals surface area contributed by atoms with Gasteiger partial charge in [0.2, 0.25) is 0 Å². The van der Waals surface area contributed by atoms with Crippen molar-refractivity contribution in [2.45, 2.75) is 44.8 Å². The Morgan fingerprint density at radius 1 is 1.00 bits per heavy atom. The summed E-state index contributed by atoms with van der Waals surface area (Å²) in [4.78, 5) is 24.6. The van der Waals surface area contributed by atoms with E-state index >= 15 is 0 Å². The van der Waals surface area contributed by atoms with Gasteiger partial charge in [-0.25, -0.2) is 4.79 Å². The Balaban J connectivity index is 2.09. The quantitative estimate of drug-likeness (QED) is 0.759. The molecule has 1 saturated carbocycles. The van der Waals surface area contributed by atoms with Gasteiger partial charge in [-0.2, -0.15) is 0 Å². The Kier molecular flexibility index (Phi) is 6.50. The molecule has 1 aromatic carbocycles. The molecule has 0 aliphatic heterocycles. The zero-order chi connectivity index (χ0) is 18.4. The van der Waals surface area contributed by atoms with Crippen LogP contribution in [0.5, 0.6) is 17.2 Å². The predicted molar refractivity (Wildman–Crippen MR) is 91.4 cm³/mol. The normalized spacial score (nSPS) is 15.4. The molecule has 1 fully saturated rings. The van der Waals surface area contributed by atoms with Crippen LogP contribution in [0.3, 0.4) is 0 Å². The molecule has 0 radical (unpaired) electrons. The van der Waals surface area contributed by atoms with E-state index in [1.54, 1.807) is 13.0 Å². The Hall–Kier alpha value is -2.44. The highest BCUT2D eigenvalue weighted by Gasteiger charge is 2.25. The fourth-order valence-corrected chi connectivity index (χ4v) is 2.85. The first kappa shape index (κ1) is 18.9. The molecule has 1 N–H and O–H groups in total. The summed E-state index contributed by atoms with van der Waals surface area (Å²) in [5.41, 5.74) is 0.167. The summed E-state index contributed by atoms with van der Waals surface area (Å²) in [7, 11) is 4.40. The third-order valence-corrected chi connectivity index (χ3v) is 4.28. The summed E-state index contributed by atoms with van der Waals surface area (Å²) in [5.74, 6) is 0.138. The molecule has 1 aromatic rings. The van der Waals surface area contributed by atoms with E-state index in [0.29, 0.717) is 11.5 Å². The highest BCUT2D eigenvalue weighted by atomic mass is 16.6. The number of carbonyl (C=O) groups is 2. The molecule has 0 spiro atoms. The van der Waals surface area contributed by atoms with E-state index in [-0.39, 0.29) is 23.3 Å². The zero-order valence-electron chi connectivity index (χ0n) is 15.1. The molecule has 2 rings (SSSR count). The van der Waals surface area contributed by atoms with Crippen LogP contribution in [0.1, 0.15) is 43.0 Å². The van der Waals surface area contributed by atoms with Gasteiger partial charge < -0.3 is 24.3 Å². The van der Waals surface area contributed by atoms with Gasteiger partial charge in [0, 0.05) is 18.2 Å². The van der Waals surface area contributed by atoms with Gasteiger partial charge in [-0.1, -0.05) is 12.8 Å². The average Bonchev–Trinajstić information content (AvgIpc) is 3.13. The number of nitrogens with one attached hydrogen (secondary N) is 1. The third kappa shape index (κ3) is 4.55. The molecular formula is C18H25NO6. The highest BCUT2D eigenvalue weighted by molar-refractivity contribution is 5.95. The van der Waals surface area contributed by atoms with Crippen LogP contribution in [0.15, 0.2) is 12.1 Å². The minimum absolute atomic E-state index is 0.167. The van der Waals surface area contributed by atoms with Crippen LogP contribution in [-0.4, -0.2) is 45.4 Å². The maximum Gasteiger partial charge on any atom is 0.342 e. The maximum absolute atomic E-state index is 12.5. The lowest BCUT2D eigenvalue weighted by atomic mass is 10.1. The van der Waals surface area contributed by atoms with E-state index in [4.69, 9.17) is 18.9 Å². The zero-order valence-corrected chi connectivity index (χ0v) is 15.1. The number of methoxy groups -OCH3 is 3. The fraction of sp³-hybridized carbons (Fsp3) is 0.556. The van der Waals surface area contributed by atoms with Gasteiger partial charge in [-0.15, -0.1) is 0 Å². The largest absolute Gasteiger partial charge is 0.496 e. The second kappa shape index (κ2) is 8.60. The van der Waals surface area contributed by atoms with Crippen LogP contribution < -0.4 is 19.5 Å². The van der Waals surface area contributed by atoms with Crippen molar-refractivity contribution in [3.8, 4) is 17.2 Å². The first-order chi connectivity index (χ1) is 12.0. The van der Waals surface area contributed by atoms with Crippen molar-refractivity contribution in [1.29, 1.82) is 0 Å². The van der Waals surface area contributed by atoms with Gasteiger partial charge in [0.25, 0.3) is 5.91 Å². The molecule has 0 saturated heterocycles. The van der Waals surface area contributed by atoms with Crippen molar-refractivity contribution < 1.29 is 28.5 Å². The van der Waals surface area contributed by atoms with Gasteiger partial charge in [0.1, 0.15) is 11.3 Å². The lowest BCUT2D eigenvalue weighted by Gasteiger charge is -2.18. The first-order valence-electron chi connectivity index (χ1n) is 8.31. The van der Waals surface area contributed by atoms with E-state index in [9.17, 15) is 9.59 Å². The first-order valence-corrected chi connectivity index (χ1v) is 8.31. The minimum atomic E-state index is -0.897. The molecule has 25 heavy (non-hydrogen) atoms. The summed E-state index contributed by atoms with van der Waals surface area (Å²) in [6.45, 7) is 1.55. The van der Waals surface area contributed by atoms with Crippen molar-refractivity contribution in [3.05, 3.63) is 17.7 Å². The van der Waals surface area contributed by atoms with Gasteiger partial charge in [-0.3, -0.25) is 4.79 Å². The van der Waals surface area contributed by atoms with Crippen LogP contribution in [-0.2, 0) is 9.53 Å². The van der Waals surface area contributed by atoms with E-state index in [2.05, 4.69) is 5.32 Å². The summed E-state index contributed by atoms with van der Waals surface area (Å²) >= 11 is 0. The van der Waals surface area contributed by atoms with Crippen LogP contribution in [0.25, 0.3) is 0 Å². The highest BCUT2D eigenvalue weighted by Crippen LogP contribution is 2.35. The topological polar surface area (TPSA) is 83.1 Å². The Morgan fingerprint density at radius 3 is 2.12 bits per heavy atom. The number of esters is 1. The molecule has 7 nitrogen and oxygen atoms in total. The molecule has 1 amide bonds. The lowest BCUT2D eigenvalue weighted by Crippen LogP contribution is -2.40. The van der Waals surface area contributed by atoms with E-state index in [1.165, 1.54) is 27.4 Å². The number of amides is 1. The van der Waals surface area contributed by atoms with Crippen LogP contribution in [0.4, 0.5) is 0 Å². The lowest BCUT2D eigenvalue weighted by molar-refractivity contribution is -0.129. The molecule has 1 atom stereocenters.